The number of ketones is 2. The van der Waals surface area contributed by atoms with E-state index in [-0.39, 0.29) is 28.2 Å². The van der Waals surface area contributed by atoms with E-state index in [1.54, 1.807) is 17.0 Å². The Morgan fingerprint density at radius 1 is 0.900 bits per heavy atom. The maximum atomic E-state index is 13.2. The van der Waals surface area contributed by atoms with Gasteiger partial charge in [0.05, 0.1) is 4.92 Å². The number of allylic oxidation sites excluding steroid dienone is 2. The van der Waals surface area contributed by atoms with Crippen LogP contribution in [-0.2, 0) is 10.0 Å². The summed E-state index contributed by atoms with van der Waals surface area (Å²) in [6.07, 6.45) is 1.57. The molecule has 10 heteroatoms. The van der Waals surface area contributed by atoms with Gasteiger partial charge >= 0.3 is 0 Å². The largest absolute Gasteiger partial charge is 0.367 e. The molecule has 1 heterocycles. The summed E-state index contributed by atoms with van der Waals surface area (Å²) in [4.78, 5) is 37.6. The number of benzene rings is 2. The molecule has 2 aliphatic rings. The van der Waals surface area contributed by atoms with Gasteiger partial charge in [-0.05, 0) is 25.0 Å². The first kappa shape index (κ1) is 19.8. The smallest absolute Gasteiger partial charge is 0.269 e. The highest BCUT2D eigenvalue weighted by molar-refractivity contribution is 7.97. The van der Waals surface area contributed by atoms with E-state index in [9.17, 15) is 28.1 Å². The van der Waals surface area contributed by atoms with Crippen molar-refractivity contribution in [2.45, 2.75) is 12.8 Å². The van der Waals surface area contributed by atoms with Crippen LogP contribution >= 0.6 is 0 Å². The predicted octanol–water partition coefficient (Wildman–Crippen LogP) is 2.72. The maximum absolute atomic E-state index is 13.2. The van der Waals surface area contributed by atoms with Gasteiger partial charge in [0.25, 0.3) is 15.7 Å². The van der Waals surface area contributed by atoms with Crippen molar-refractivity contribution < 1.29 is 22.9 Å². The standard InChI is InChI=1S/C20H17N3O6S/c24-18-15-5-1-2-6-16(15)19(25)20(17(18)22-11-3-4-12-22)30(28,29)21-13-7-9-14(10-8-13)23(26)27/h1-2,5-10,21H,3-4,11-12H2. The first-order chi connectivity index (χ1) is 14.3. The Kier molecular flexibility index (Phi) is 4.86. The monoisotopic (exact) mass is 427 g/mol. The number of nitro groups is 1. The molecule has 2 aromatic rings. The summed E-state index contributed by atoms with van der Waals surface area (Å²) in [6.45, 7) is 0.958. The number of carbonyl (C=O) groups is 2. The first-order valence-electron chi connectivity index (χ1n) is 9.24. The Balaban J connectivity index is 1.81. The van der Waals surface area contributed by atoms with Gasteiger partial charge in [-0.2, -0.15) is 0 Å². The summed E-state index contributed by atoms with van der Waals surface area (Å²) in [6, 6.07) is 10.9. The molecule has 1 aliphatic heterocycles. The number of Topliss-reactive ketones (excluding diaryl/α,β-unsaturated/α-hetero) is 2. The number of nitrogens with zero attached hydrogens (tertiary/aromatic N) is 2. The van der Waals surface area contributed by atoms with E-state index >= 15 is 0 Å². The van der Waals surface area contributed by atoms with Gasteiger partial charge in [-0.1, -0.05) is 24.3 Å². The van der Waals surface area contributed by atoms with Crippen LogP contribution in [-0.4, -0.2) is 42.9 Å². The fourth-order valence-corrected chi connectivity index (χ4v) is 5.05. The van der Waals surface area contributed by atoms with Gasteiger partial charge in [0, 0.05) is 42.0 Å². The van der Waals surface area contributed by atoms with E-state index in [1.807, 2.05) is 0 Å². The molecule has 0 aromatic heterocycles. The summed E-state index contributed by atoms with van der Waals surface area (Å²) < 4.78 is 28.7. The lowest BCUT2D eigenvalue weighted by Crippen LogP contribution is -2.36. The van der Waals surface area contributed by atoms with Gasteiger partial charge in [0.1, 0.15) is 5.70 Å². The van der Waals surface area contributed by atoms with E-state index < -0.39 is 31.4 Å². The molecule has 0 unspecified atom stereocenters. The van der Waals surface area contributed by atoms with Gasteiger partial charge in [0.15, 0.2) is 4.91 Å². The van der Waals surface area contributed by atoms with E-state index in [0.717, 1.165) is 25.0 Å². The number of hydrogen-bond donors (Lipinski definition) is 1. The summed E-state index contributed by atoms with van der Waals surface area (Å²) in [5, 5.41) is 10.8. The zero-order chi connectivity index (χ0) is 21.5. The molecule has 1 saturated heterocycles. The Bertz CT molecular complexity index is 1200. The Morgan fingerprint density at radius 3 is 2.03 bits per heavy atom. The number of likely N-dealkylation sites (tertiary alicyclic amines) is 1. The Labute approximate surface area is 172 Å². The second-order valence-corrected chi connectivity index (χ2v) is 8.60. The molecule has 0 spiro atoms. The lowest BCUT2D eigenvalue weighted by atomic mass is 9.92. The van der Waals surface area contributed by atoms with Crippen LogP contribution in [0.3, 0.4) is 0 Å². The van der Waals surface area contributed by atoms with Gasteiger partial charge in [-0.3, -0.25) is 24.4 Å². The molecule has 0 atom stereocenters. The third-order valence-corrected chi connectivity index (χ3v) is 6.49. The molecule has 1 aliphatic carbocycles. The summed E-state index contributed by atoms with van der Waals surface area (Å²) in [7, 11) is -4.43. The zero-order valence-electron chi connectivity index (χ0n) is 15.7. The maximum Gasteiger partial charge on any atom is 0.269 e. The zero-order valence-corrected chi connectivity index (χ0v) is 16.5. The van der Waals surface area contributed by atoms with Crippen molar-refractivity contribution in [3.05, 3.63) is 80.4 Å². The molecule has 0 saturated carbocycles. The minimum Gasteiger partial charge on any atom is -0.367 e. The molecule has 154 valence electrons. The van der Waals surface area contributed by atoms with Gasteiger partial charge in [-0.15, -0.1) is 0 Å². The molecule has 2 aromatic carbocycles. The number of nitrogens with one attached hydrogen (secondary N) is 1. The second-order valence-electron chi connectivity index (χ2n) is 6.99. The molecule has 0 amide bonds. The Morgan fingerprint density at radius 2 is 1.47 bits per heavy atom. The third kappa shape index (κ3) is 3.35. The molecule has 0 bridgehead atoms. The second kappa shape index (κ2) is 7.38. The molecule has 1 N–H and O–H groups in total. The van der Waals surface area contributed by atoms with Crippen molar-refractivity contribution in [2.24, 2.45) is 0 Å². The van der Waals surface area contributed by atoms with E-state index in [2.05, 4.69) is 4.72 Å². The quantitative estimate of drug-likeness (QED) is 0.574. The SMILES string of the molecule is O=C1C(N2CCCC2)=C(S(=O)(=O)Nc2ccc([N+](=O)[O-])cc2)C(=O)c2ccccc21. The normalized spacial score (nSPS) is 16.6. The molecule has 0 radical (unpaired) electrons. The molecule has 4 rings (SSSR count). The minimum atomic E-state index is -4.43. The van der Waals surface area contributed by atoms with Crippen LogP contribution in [0.5, 0.6) is 0 Å². The first-order valence-corrected chi connectivity index (χ1v) is 10.7. The molecular weight excluding hydrogens is 410 g/mol. The predicted molar refractivity (Wildman–Crippen MR) is 109 cm³/mol. The number of fused-ring (bicyclic) bond motifs is 1. The van der Waals surface area contributed by atoms with Crippen molar-refractivity contribution >= 4 is 33.0 Å². The van der Waals surface area contributed by atoms with E-state index in [0.29, 0.717) is 13.1 Å². The average molecular weight is 427 g/mol. The van der Waals surface area contributed by atoms with Crippen LogP contribution in [0, 0.1) is 10.1 Å². The van der Waals surface area contributed by atoms with Crippen LogP contribution in [0.15, 0.2) is 59.1 Å². The van der Waals surface area contributed by atoms with Crippen molar-refractivity contribution in [1.29, 1.82) is 0 Å². The third-order valence-electron chi connectivity index (χ3n) is 5.07. The van der Waals surface area contributed by atoms with Gasteiger partial charge < -0.3 is 4.90 Å². The summed E-state index contributed by atoms with van der Waals surface area (Å²) >= 11 is 0. The number of hydrogen-bond acceptors (Lipinski definition) is 7. The van der Waals surface area contributed by atoms with Crippen LogP contribution in [0.2, 0.25) is 0 Å². The number of carbonyl (C=O) groups excluding carboxylic acids is 2. The molecule has 1 fully saturated rings. The van der Waals surface area contributed by atoms with Crippen LogP contribution in [0.4, 0.5) is 11.4 Å². The van der Waals surface area contributed by atoms with Crippen molar-refractivity contribution in [3.63, 3.8) is 0 Å². The topological polar surface area (TPSA) is 127 Å². The number of rotatable bonds is 5. The minimum absolute atomic E-state index is 0.0366. The van der Waals surface area contributed by atoms with Crippen molar-refractivity contribution in [3.8, 4) is 0 Å². The lowest BCUT2D eigenvalue weighted by molar-refractivity contribution is -0.384. The van der Waals surface area contributed by atoms with Crippen LogP contribution in [0.1, 0.15) is 33.6 Å². The van der Waals surface area contributed by atoms with Gasteiger partial charge in [-0.25, -0.2) is 8.42 Å². The number of nitro benzene ring substituents is 1. The van der Waals surface area contributed by atoms with Crippen molar-refractivity contribution in [2.75, 3.05) is 17.8 Å². The van der Waals surface area contributed by atoms with E-state index in [1.165, 1.54) is 24.3 Å². The highest BCUT2D eigenvalue weighted by Gasteiger charge is 2.41. The molecule has 30 heavy (non-hydrogen) atoms. The summed E-state index contributed by atoms with van der Waals surface area (Å²) in [5.41, 5.74) is -0.0560. The Hall–Kier alpha value is -3.53. The fraction of sp³-hybridized carbons (Fsp3) is 0.200. The van der Waals surface area contributed by atoms with Crippen LogP contribution < -0.4 is 4.72 Å². The fourth-order valence-electron chi connectivity index (χ4n) is 3.67. The average Bonchev–Trinajstić information content (AvgIpc) is 3.25. The molecular formula is C20H17N3O6S. The number of sulfonamides is 1. The van der Waals surface area contributed by atoms with Gasteiger partial charge in [0.2, 0.25) is 11.6 Å². The summed E-state index contributed by atoms with van der Waals surface area (Å²) in [5.74, 6) is -1.25. The lowest BCUT2D eigenvalue weighted by Gasteiger charge is -2.27. The van der Waals surface area contributed by atoms with E-state index in [4.69, 9.17) is 0 Å². The van der Waals surface area contributed by atoms with Crippen LogP contribution in [0.25, 0.3) is 0 Å². The van der Waals surface area contributed by atoms with Crippen molar-refractivity contribution in [1.82, 2.24) is 4.90 Å². The number of anilines is 1. The molecule has 9 nitrogen and oxygen atoms in total. The highest BCUT2D eigenvalue weighted by atomic mass is 32.2. The highest BCUT2D eigenvalue weighted by Crippen LogP contribution is 2.33. The number of non-ortho nitro benzene ring substituents is 1.